The van der Waals surface area contributed by atoms with Gasteiger partial charge in [0.2, 0.25) is 0 Å². The van der Waals surface area contributed by atoms with Crippen molar-refractivity contribution < 1.29 is 0 Å². The predicted octanol–water partition coefficient (Wildman–Crippen LogP) is 2.74. The predicted molar refractivity (Wildman–Crippen MR) is 77.7 cm³/mol. The second kappa shape index (κ2) is 5.43. The molecule has 0 bridgehead atoms. The molecule has 100 valence electrons. The lowest BCUT2D eigenvalue weighted by molar-refractivity contribution is 0.449. The van der Waals surface area contributed by atoms with E-state index in [1.54, 1.807) is 0 Å². The van der Waals surface area contributed by atoms with Gasteiger partial charge in [0, 0.05) is 41.6 Å². The van der Waals surface area contributed by atoms with Crippen LogP contribution in [0, 0.1) is 0 Å². The summed E-state index contributed by atoms with van der Waals surface area (Å²) in [6.07, 6.45) is 7.38. The van der Waals surface area contributed by atoms with Crippen LogP contribution >= 0.6 is 15.9 Å². The highest BCUT2D eigenvalue weighted by Crippen LogP contribution is 2.29. The van der Waals surface area contributed by atoms with Crippen molar-refractivity contribution in [2.45, 2.75) is 31.8 Å². The van der Waals surface area contributed by atoms with Crippen LogP contribution in [0.25, 0.3) is 0 Å². The lowest BCUT2D eigenvalue weighted by Crippen LogP contribution is -2.25. The zero-order valence-electron chi connectivity index (χ0n) is 10.9. The fraction of sp³-hybridized carbons (Fsp3) is 0.429. The van der Waals surface area contributed by atoms with E-state index < -0.39 is 0 Å². The van der Waals surface area contributed by atoms with E-state index in [9.17, 15) is 0 Å². The molecule has 1 atom stereocenters. The molecule has 0 fully saturated rings. The molecule has 0 aliphatic heterocycles. The molecular formula is C14H17BrN4. The Kier molecular flexibility index (Phi) is 3.66. The van der Waals surface area contributed by atoms with Crippen LogP contribution in [0.3, 0.4) is 0 Å². The Morgan fingerprint density at radius 2 is 2.32 bits per heavy atom. The third-order valence-corrected chi connectivity index (χ3v) is 4.16. The number of rotatable bonds is 3. The van der Waals surface area contributed by atoms with Crippen molar-refractivity contribution in [3.63, 3.8) is 0 Å². The SMILES string of the molecule is Cn1ncc2c1CCCC2NCc1ccc(Br)cn1. The highest BCUT2D eigenvalue weighted by molar-refractivity contribution is 9.10. The Morgan fingerprint density at radius 3 is 3.11 bits per heavy atom. The van der Waals surface area contributed by atoms with Crippen molar-refractivity contribution in [2.75, 3.05) is 0 Å². The summed E-state index contributed by atoms with van der Waals surface area (Å²) in [6.45, 7) is 0.798. The highest BCUT2D eigenvalue weighted by atomic mass is 79.9. The normalized spacial score (nSPS) is 18.3. The van der Waals surface area contributed by atoms with E-state index in [0.29, 0.717) is 6.04 Å². The summed E-state index contributed by atoms with van der Waals surface area (Å²) in [5.41, 5.74) is 3.79. The average molecular weight is 321 g/mol. The number of hydrogen-bond acceptors (Lipinski definition) is 3. The lowest BCUT2D eigenvalue weighted by atomic mass is 9.93. The minimum absolute atomic E-state index is 0.405. The Hall–Kier alpha value is -1.20. The van der Waals surface area contributed by atoms with Gasteiger partial charge in [-0.1, -0.05) is 0 Å². The van der Waals surface area contributed by atoms with Crippen LogP contribution in [0.4, 0.5) is 0 Å². The van der Waals surface area contributed by atoms with Crippen LogP contribution < -0.4 is 5.32 Å². The van der Waals surface area contributed by atoms with E-state index in [-0.39, 0.29) is 0 Å². The lowest BCUT2D eigenvalue weighted by Gasteiger charge is -2.23. The second-order valence-electron chi connectivity index (χ2n) is 4.96. The molecule has 0 spiro atoms. The number of aromatic nitrogens is 3. The Morgan fingerprint density at radius 1 is 1.42 bits per heavy atom. The maximum atomic E-state index is 4.39. The molecule has 0 amide bonds. The Balaban J connectivity index is 1.69. The molecule has 5 heteroatoms. The van der Waals surface area contributed by atoms with E-state index in [2.05, 4.69) is 31.3 Å². The first-order valence-electron chi connectivity index (χ1n) is 6.58. The molecule has 1 unspecified atom stereocenters. The molecule has 0 aromatic carbocycles. The minimum Gasteiger partial charge on any atom is -0.304 e. The molecule has 19 heavy (non-hydrogen) atoms. The van der Waals surface area contributed by atoms with Crippen molar-refractivity contribution in [2.24, 2.45) is 7.05 Å². The fourth-order valence-electron chi connectivity index (χ4n) is 2.66. The first-order chi connectivity index (χ1) is 9.24. The van der Waals surface area contributed by atoms with Crippen LogP contribution in [-0.4, -0.2) is 14.8 Å². The fourth-order valence-corrected chi connectivity index (χ4v) is 2.89. The van der Waals surface area contributed by atoms with E-state index in [0.717, 1.165) is 23.1 Å². The van der Waals surface area contributed by atoms with Crippen LogP contribution in [0.15, 0.2) is 29.0 Å². The molecule has 0 saturated carbocycles. The summed E-state index contributed by atoms with van der Waals surface area (Å²) < 4.78 is 3.02. The van der Waals surface area contributed by atoms with Gasteiger partial charge in [-0.3, -0.25) is 9.67 Å². The van der Waals surface area contributed by atoms with Crippen LogP contribution in [0.5, 0.6) is 0 Å². The number of fused-ring (bicyclic) bond motifs is 1. The van der Waals surface area contributed by atoms with Gasteiger partial charge in [0.1, 0.15) is 0 Å². The molecule has 1 aliphatic carbocycles. The summed E-state index contributed by atoms with van der Waals surface area (Å²) >= 11 is 3.40. The molecule has 2 heterocycles. The number of nitrogens with zero attached hydrogens (tertiary/aromatic N) is 3. The largest absolute Gasteiger partial charge is 0.304 e. The number of hydrogen-bond donors (Lipinski definition) is 1. The van der Waals surface area contributed by atoms with Crippen molar-refractivity contribution in [3.05, 3.63) is 46.0 Å². The molecule has 0 saturated heterocycles. The minimum atomic E-state index is 0.405. The van der Waals surface area contributed by atoms with Gasteiger partial charge in [0.05, 0.1) is 11.9 Å². The molecule has 0 radical (unpaired) electrons. The molecule has 3 rings (SSSR count). The first kappa shape index (κ1) is 12.8. The molecule has 4 nitrogen and oxygen atoms in total. The highest BCUT2D eigenvalue weighted by Gasteiger charge is 2.22. The van der Waals surface area contributed by atoms with Crippen LogP contribution in [-0.2, 0) is 20.0 Å². The summed E-state index contributed by atoms with van der Waals surface area (Å²) in [7, 11) is 2.03. The van der Waals surface area contributed by atoms with Crippen LogP contribution in [0.1, 0.15) is 35.8 Å². The van der Waals surface area contributed by atoms with Gasteiger partial charge in [0.15, 0.2) is 0 Å². The molecule has 2 aromatic heterocycles. The van der Waals surface area contributed by atoms with Gasteiger partial charge in [-0.25, -0.2) is 0 Å². The third-order valence-electron chi connectivity index (χ3n) is 3.69. The van der Waals surface area contributed by atoms with Gasteiger partial charge in [-0.2, -0.15) is 5.10 Å². The van der Waals surface area contributed by atoms with E-state index in [1.165, 1.54) is 24.1 Å². The molecule has 1 aliphatic rings. The summed E-state index contributed by atoms with van der Waals surface area (Å²) in [5.74, 6) is 0. The number of halogens is 1. The third kappa shape index (κ3) is 2.72. The van der Waals surface area contributed by atoms with E-state index in [4.69, 9.17) is 0 Å². The van der Waals surface area contributed by atoms with Gasteiger partial charge in [-0.05, 0) is 47.3 Å². The average Bonchev–Trinajstić information content (AvgIpc) is 2.81. The number of pyridine rings is 1. The zero-order valence-corrected chi connectivity index (χ0v) is 12.5. The first-order valence-corrected chi connectivity index (χ1v) is 7.38. The van der Waals surface area contributed by atoms with Gasteiger partial charge < -0.3 is 5.32 Å². The molecule has 1 N–H and O–H groups in total. The number of nitrogens with one attached hydrogen (secondary N) is 1. The Labute approximate surface area is 121 Å². The van der Waals surface area contributed by atoms with Crippen molar-refractivity contribution in [1.29, 1.82) is 0 Å². The topological polar surface area (TPSA) is 42.7 Å². The monoisotopic (exact) mass is 320 g/mol. The van der Waals surface area contributed by atoms with Crippen molar-refractivity contribution >= 4 is 15.9 Å². The summed E-state index contributed by atoms with van der Waals surface area (Å²) in [6, 6.07) is 4.48. The van der Waals surface area contributed by atoms with E-state index in [1.807, 2.05) is 36.3 Å². The zero-order chi connectivity index (χ0) is 13.2. The van der Waals surface area contributed by atoms with Crippen molar-refractivity contribution in [3.8, 4) is 0 Å². The van der Waals surface area contributed by atoms with Gasteiger partial charge in [0.25, 0.3) is 0 Å². The standard InChI is InChI=1S/C14H17BrN4/c1-19-14-4-2-3-13(12(14)9-18-19)17-8-11-6-5-10(15)7-16-11/h5-7,9,13,17H,2-4,8H2,1H3. The Bertz CT molecular complexity index is 561. The maximum absolute atomic E-state index is 4.39. The maximum Gasteiger partial charge on any atom is 0.0542 e. The van der Waals surface area contributed by atoms with Crippen molar-refractivity contribution in [1.82, 2.24) is 20.1 Å². The molecular weight excluding hydrogens is 304 g/mol. The molecule has 2 aromatic rings. The van der Waals surface area contributed by atoms with E-state index >= 15 is 0 Å². The number of aryl methyl sites for hydroxylation is 1. The second-order valence-corrected chi connectivity index (χ2v) is 5.88. The van der Waals surface area contributed by atoms with Gasteiger partial charge >= 0.3 is 0 Å². The van der Waals surface area contributed by atoms with Gasteiger partial charge in [-0.15, -0.1) is 0 Å². The summed E-state index contributed by atoms with van der Waals surface area (Å²) in [4.78, 5) is 4.39. The summed E-state index contributed by atoms with van der Waals surface area (Å²) in [5, 5.41) is 7.97. The smallest absolute Gasteiger partial charge is 0.0542 e. The quantitative estimate of drug-likeness (QED) is 0.945. The van der Waals surface area contributed by atoms with Crippen LogP contribution in [0.2, 0.25) is 0 Å².